The molecule has 0 aliphatic carbocycles. The second-order valence-electron chi connectivity index (χ2n) is 7.44. The number of nitrogens with zero attached hydrogens (tertiary/aromatic N) is 3. The van der Waals surface area contributed by atoms with Gasteiger partial charge in [-0.15, -0.1) is 0 Å². The summed E-state index contributed by atoms with van der Waals surface area (Å²) in [6.07, 6.45) is 5.68. The summed E-state index contributed by atoms with van der Waals surface area (Å²) in [6.45, 7) is 5.57. The van der Waals surface area contributed by atoms with E-state index in [2.05, 4.69) is 10.2 Å². The van der Waals surface area contributed by atoms with Gasteiger partial charge >= 0.3 is 0 Å². The molecule has 2 fully saturated rings. The lowest BCUT2D eigenvalue weighted by Gasteiger charge is -2.35. The molecule has 3 heterocycles. The summed E-state index contributed by atoms with van der Waals surface area (Å²) in [7, 11) is 0. The molecule has 3 aliphatic rings. The van der Waals surface area contributed by atoms with E-state index < -0.39 is 6.64 Å². The standard InChI is InChI=1S/C21H29ClN4O3/c22-18-5-4-17(15-19(18)26-8-2-6-23-16-26)21(27)25-11-9-24(10-12-25)7-1-3-20-28-13-14-29-20/h2,4-5,8,15,20,23H,1,3,6-7,9-14,16H2/i16D. The minimum atomic E-state index is -0.624. The highest BCUT2D eigenvalue weighted by atomic mass is 35.5. The summed E-state index contributed by atoms with van der Waals surface area (Å²) in [5.74, 6) is 0.0100. The fourth-order valence-electron chi connectivity index (χ4n) is 3.83. The fraction of sp³-hybridized carbons (Fsp3) is 0.571. The maximum atomic E-state index is 13.1. The molecule has 0 spiro atoms. The second-order valence-corrected chi connectivity index (χ2v) is 7.85. The van der Waals surface area contributed by atoms with Gasteiger partial charge in [-0.3, -0.25) is 15.0 Å². The molecule has 158 valence electrons. The van der Waals surface area contributed by atoms with Crippen LogP contribution in [0, 0.1) is 0 Å². The van der Waals surface area contributed by atoms with Crippen molar-refractivity contribution in [3.63, 3.8) is 0 Å². The first-order valence-corrected chi connectivity index (χ1v) is 10.6. The number of carbonyl (C=O) groups excluding carboxylic acids is 1. The maximum Gasteiger partial charge on any atom is 0.254 e. The van der Waals surface area contributed by atoms with Crippen LogP contribution >= 0.6 is 11.6 Å². The van der Waals surface area contributed by atoms with Crippen molar-refractivity contribution in [3.05, 3.63) is 41.1 Å². The predicted molar refractivity (Wildman–Crippen MR) is 113 cm³/mol. The Morgan fingerprint density at radius 3 is 2.79 bits per heavy atom. The first kappa shape index (κ1) is 19.3. The molecule has 0 saturated carbocycles. The average molecular weight is 422 g/mol. The van der Waals surface area contributed by atoms with Crippen LogP contribution in [-0.2, 0) is 9.47 Å². The topological polar surface area (TPSA) is 57.3 Å². The Balaban J connectivity index is 1.31. The summed E-state index contributed by atoms with van der Waals surface area (Å²) in [6, 6.07) is 5.29. The molecular weight excluding hydrogens is 392 g/mol. The molecule has 1 unspecified atom stereocenters. The van der Waals surface area contributed by atoms with E-state index in [4.69, 9.17) is 22.4 Å². The summed E-state index contributed by atoms with van der Waals surface area (Å²) in [4.78, 5) is 19.1. The third-order valence-electron chi connectivity index (χ3n) is 5.47. The quantitative estimate of drug-likeness (QED) is 0.759. The number of ether oxygens (including phenoxy) is 2. The molecule has 1 aromatic carbocycles. The number of halogens is 1. The van der Waals surface area contributed by atoms with Gasteiger partial charge in [-0.1, -0.05) is 17.7 Å². The van der Waals surface area contributed by atoms with Crippen molar-refractivity contribution in [2.75, 3.05) is 64.0 Å². The minimum Gasteiger partial charge on any atom is -0.350 e. The van der Waals surface area contributed by atoms with E-state index in [1.54, 1.807) is 23.1 Å². The van der Waals surface area contributed by atoms with E-state index in [1.165, 1.54) is 0 Å². The summed E-state index contributed by atoms with van der Waals surface area (Å²) in [5.41, 5.74) is 1.27. The van der Waals surface area contributed by atoms with Gasteiger partial charge in [-0.05, 0) is 37.6 Å². The van der Waals surface area contributed by atoms with E-state index in [0.29, 0.717) is 49.1 Å². The first-order valence-electron chi connectivity index (χ1n) is 10.8. The molecule has 0 radical (unpaired) electrons. The predicted octanol–water partition coefficient (Wildman–Crippen LogP) is 2.13. The number of hydrogen-bond acceptors (Lipinski definition) is 6. The Bertz CT molecular complexity index is 767. The zero-order valence-corrected chi connectivity index (χ0v) is 17.3. The number of hydrogen-bond donors (Lipinski definition) is 1. The largest absolute Gasteiger partial charge is 0.350 e. The van der Waals surface area contributed by atoms with Crippen LogP contribution in [0.15, 0.2) is 30.5 Å². The van der Waals surface area contributed by atoms with Crippen LogP contribution in [0.2, 0.25) is 5.02 Å². The number of amides is 1. The van der Waals surface area contributed by atoms with Crippen molar-refractivity contribution in [3.8, 4) is 0 Å². The van der Waals surface area contributed by atoms with Crippen molar-refractivity contribution >= 4 is 23.2 Å². The van der Waals surface area contributed by atoms with E-state index in [-0.39, 0.29) is 12.2 Å². The van der Waals surface area contributed by atoms with Gasteiger partial charge in [0.1, 0.15) is 0 Å². The molecule has 2 saturated heterocycles. The van der Waals surface area contributed by atoms with E-state index in [0.717, 1.165) is 32.5 Å². The van der Waals surface area contributed by atoms with E-state index in [1.807, 2.05) is 17.2 Å². The van der Waals surface area contributed by atoms with Crippen LogP contribution < -0.4 is 10.2 Å². The highest BCUT2D eigenvalue weighted by Gasteiger charge is 2.24. The molecule has 1 aromatic rings. The zero-order valence-electron chi connectivity index (χ0n) is 17.6. The molecule has 0 aromatic heterocycles. The Morgan fingerprint density at radius 1 is 1.24 bits per heavy atom. The van der Waals surface area contributed by atoms with Crippen molar-refractivity contribution in [2.45, 2.75) is 19.1 Å². The van der Waals surface area contributed by atoms with Gasteiger partial charge in [0.25, 0.3) is 5.91 Å². The third kappa shape index (κ3) is 5.29. The number of anilines is 1. The van der Waals surface area contributed by atoms with Gasteiger partial charge in [0, 0.05) is 44.5 Å². The molecule has 3 aliphatic heterocycles. The first-order chi connectivity index (χ1) is 14.6. The fourth-order valence-corrected chi connectivity index (χ4v) is 4.05. The molecule has 1 atom stereocenters. The molecule has 0 bridgehead atoms. The van der Waals surface area contributed by atoms with Gasteiger partial charge in [-0.25, -0.2) is 0 Å². The molecule has 8 heteroatoms. The molecule has 1 N–H and O–H groups in total. The lowest BCUT2D eigenvalue weighted by molar-refractivity contribution is -0.0491. The smallest absolute Gasteiger partial charge is 0.254 e. The molecule has 7 nitrogen and oxygen atoms in total. The summed E-state index contributed by atoms with van der Waals surface area (Å²) < 4.78 is 19.1. The molecule has 1 amide bonds. The van der Waals surface area contributed by atoms with Crippen molar-refractivity contribution in [1.29, 1.82) is 0 Å². The van der Waals surface area contributed by atoms with Crippen molar-refractivity contribution < 1.29 is 15.6 Å². The lowest BCUT2D eigenvalue weighted by atomic mass is 10.1. The van der Waals surface area contributed by atoms with Crippen LogP contribution in [-0.4, -0.2) is 81.1 Å². The van der Waals surface area contributed by atoms with Gasteiger partial charge in [0.05, 0.1) is 31.9 Å². The monoisotopic (exact) mass is 421 g/mol. The van der Waals surface area contributed by atoms with Crippen LogP contribution in [0.5, 0.6) is 0 Å². The third-order valence-corrected chi connectivity index (χ3v) is 5.79. The van der Waals surface area contributed by atoms with Crippen molar-refractivity contribution in [2.24, 2.45) is 0 Å². The molecular formula is C21H29ClN4O3. The second kappa shape index (κ2) is 9.91. The minimum absolute atomic E-state index is 0.0100. The molecule has 4 rings (SSSR count). The van der Waals surface area contributed by atoms with Crippen LogP contribution in [0.1, 0.15) is 24.6 Å². The summed E-state index contributed by atoms with van der Waals surface area (Å²) in [5, 5.41) is 3.56. The van der Waals surface area contributed by atoms with Crippen LogP contribution in [0.3, 0.4) is 0 Å². The number of benzene rings is 1. The van der Waals surface area contributed by atoms with Crippen molar-refractivity contribution in [1.82, 2.24) is 15.1 Å². The van der Waals surface area contributed by atoms with Gasteiger partial charge in [-0.2, -0.15) is 0 Å². The van der Waals surface area contributed by atoms with Crippen LogP contribution in [0.4, 0.5) is 5.69 Å². The Labute approximate surface area is 178 Å². The summed E-state index contributed by atoms with van der Waals surface area (Å²) >= 11 is 6.36. The number of rotatable bonds is 6. The van der Waals surface area contributed by atoms with E-state index >= 15 is 0 Å². The Kier molecular flexibility index (Phi) is 6.61. The normalized spacial score (nSPS) is 24.2. The maximum absolute atomic E-state index is 13.1. The zero-order chi connectivity index (χ0) is 20.9. The van der Waals surface area contributed by atoms with E-state index in [9.17, 15) is 4.79 Å². The number of carbonyl (C=O) groups is 1. The van der Waals surface area contributed by atoms with Gasteiger partial charge in [0.2, 0.25) is 0 Å². The highest BCUT2D eigenvalue weighted by Crippen LogP contribution is 2.28. The Morgan fingerprint density at radius 2 is 2.03 bits per heavy atom. The van der Waals surface area contributed by atoms with Gasteiger partial charge < -0.3 is 19.3 Å². The average Bonchev–Trinajstić information content (AvgIpc) is 3.28. The SMILES string of the molecule is [2H]C1NCC=CN1c1cc(C(=O)N2CCN(CCCC3OCCO3)CC2)ccc1Cl. The van der Waals surface area contributed by atoms with Crippen LogP contribution in [0.25, 0.3) is 0 Å². The Hall–Kier alpha value is -1.64. The number of piperazine rings is 1. The lowest BCUT2D eigenvalue weighted by Crippen LogP contribution is -2.48. The molecule has 29 heavy (non-hydrogen) atoms. The highest BCUT2D eigenvalue weighted by molar-refractivity contribution is 6.33. The van der Waals surface area contributed by atoms with Gasteiger partial charge in [0.15, 0.2) is 6.29 Å². The number of nitrogens with one attached hydrogen (secondary N) is 1.